The van der Waals surface area contributed by atoms with Crippen molar-refractivity contribution in [2.45, 2.75) is 25.0 Å². The molecule has 0 aliphatic carbocycles. The summed E-state index contributed by atoms with van der Waals surface area (Å²) in [4.78, 5) is 10.3. The average molecular weight is 189 g/mol. The fourth-order valence-electron chi connectivity index (χ4n) is 1.13. The average Bonchev–Trinajstić information content (AvgIpc) is 2.56. The fourth-order valence-corrected chi connectivity index (χ4v) is 1.13. The molecule has 0 aromatic rings. The molecule has 2 atom stereocenters. The molecule has 1 fully saturated rings. The first-order chi connectivity index (χ1) is 6.20. The van der Waals surface area contributed by atoms with E-state index in [9.17, 15) is 4.79 Å². The molecule has 1 heterocycles. The third kappa shape index (κ3) is 3.71. The molecular weight excluding hydrogens is 174 g/mol. The van der Waals surface area contributed by atoms with Gasteiger partial charge >= 0.3 is 5.97 Å². The smallest absolute Gasteiger partial charge is 0.320 e. The summed E-state index contributed by atoms with van der Waals surface area (Å²) in [5.74, 6) is -0.980. The van der Waals surface area contributed by atoms with Crippen LogP contribution in [0.4, 0.5) is 0 Å². The maximum Gasteiger partial charge on any atom is 0.320 e. The predicted octanol–water partition coefficient (Wildman–Crippen LogP) is -0.406. The molecule has 13 heavy (non-hydrogen) atoms. The van der Waals surface area contributed by atoms with Crippen LogP contribution in [-0.2, 0) is 14.3 Å². The van der Waals surface area contributed by atoms with Gasteiger partial charge in [0.15, 0.2) is 0 Å². The highest BCUT2D eigenvalue weighted by Crippen LogP contribution is 2.08. The molecule has 1 aliphatic heterocycles. The van der Waals surface area contributed by atoms with Crippen LogP contribution in [0.2, 0.25) is 0 Å². The molecule has 0 aromatic heterocycles. The first-order valence-electron chi connectivity index (χ1n) is 4.38. The van der Waals surface area contributed by atoms with Gasteiger partial charge in [0.1, 0.15) is 6.04 Å². The lowest BCUT2D eigenvalue weighted by Gasteiger charge is -2.10. The summed E-state index contributed by atoms with van der Waals surface area (Å²) in [6, 6.07) is -0.817. The Hall–Kier alpha value is -0.650. The molecule has 0 spiro atoms. The fraction of sp³-hybridized carbons (Fsp3) is 0.875. The molecule has 0 bridgehead atoms. The van der Waals surface area contributed by atoms with Crippen molar-refractivity contribution in [1.29, 1.82) is 0 Å². The Kier molecular flexibility index (Phi) is 4.14. The van der Waals surface area contributed by atoms with Gasteiger partial charge in [-0.3, -0.25) is 4.79 Å². The minimum Gasteiger partial charge on any atom is -0.480 e. The second-order valence-corrected chi connectivity index (χ2v) is 3.09. The topological polar surface area (TPSA) is 81.8 Å². The molecule has 0 saturated carbocycles. The van der Waals surface area contributed by atoms with E-state index in [1.807, 2.05) is 0 Å². The summed E-state index contributed by atoms with van der Waals surface area (Å²) in [5.41, 5.74) is 5.29. The lowest BCUT2D eigenvalue weighted by molar-refractivity contribution is -0.139. The molecule has 76 valence electrons. The van der Waals surface area contributed by atoms with Crippen molar-refractivity contribution in [3.05, 3.63) is 0 Å². The van der Waals surface area contributed by atoms with Crippen LogP contribution in [0.3, 0.4) is 0 Å². The Morgan fingerprint density at radius 1 is 1.77 bits per heavy atom. The predicted molar refractivity (Wildman–Crippen MR) is 45.4 cm³/mol. The Morgan fingerprint density at radius 3 is 3.08 bits per heavy atom. The van der Waals surface area contributed by atoms with Crippen molar-refractivity contribution in [1.82, 2.24) is 0 Å². The van der Waals surface area contributed by atoms with E-state index in [0.717, 1.165) is 13.0 Å². The number of carboxylic acid groups (broad SMARTS) is 1. The van der Waals surface area contributed by atoms with Gasteiger partial charge in [-0.2, -0.15) is 0 Å². The summed E-state index contributed by atoms with van der Waals surface area (Å²) < 4.78 is 10.4. The lowest BCUT2D eigenvalue weighted by atomic mass is 10.2. The van der Waals surface area contributed by atoms with Crippen LogP contribution in [0.5, 0.6) is 0 Å². The zero-order valence-corrected chi connectivity index (χ0v) is 7.44. The van der Waals surface area contributed by atoms with Crippen molar-refractivity contribution in [2.24, 2.45) is 5.73 Å². The maximum absolute atomic E-state index is 10.3. The Bertz CT molecular complexity index is 168. The van der Waals surface area contributed by atoms with E-state index in [-0.39, 0.29) is 6.10 Å². The van der Waals surface area contributed by atoms with E-state index in [0.29, 0.717) is 19.6 Å². The van der Waals surface area contributed by atoms with Gasteiger partial charge in [0.05, 0.1) is 12.7 Å². The molecule has 1 aliphatic rings. The van der Waals surface area contributed by atoms with E-state index in [1.165, 1.54) is 0 Å². The highest BCUT2D eigenvalue weighted by Gasteiger charge is 2.17. The molecule has 0 aromatic carbocycles. The number of nitrogens with two attached hydrogens (primary N) is 1. The van der Waals surface area contributed by atoms with Crippen LogP contribution >= 0.6 is 0 Å². The SMILES string of the molecule is N[C@@H](CCOC1CCOC1)C(=O)O. The van der Waals surface area contributed by atoms with Crippen LogP contribution < -0.4 is 5.73 Å². The zero-order valence-electron chi connectivity index (χ0n) is 7.44. The van der Waals surface area contributed by atoms with Crippen LogP contribution in [0.25, 0.3) is 0 Å². The van der Waals surface area contributed by atoms with E-state index < -0.39 is 12.0 Å². The summed E-state index contributed by atoms with van der Waals surface area (Å²) in [5, 5.41) is 8.47. The van der Waals surface area contributed by atoms with E-state index >= 15 is 0 Å². The molecule has 1 rings (SSSR count). The number of carbonyl (C=O) groups is 1. The molecule has 1 unspecified atom stereocenters. The van der Waals surface area contributed by atoms with Gasteiger partial charge in [-0.05, 0) is 12.8 Å². The lowest BCUT2D eigenvalue weighted by Crippen LogP contribution is -2.32. The molecule has 1 saturated heterocycles. The van der Waals surface area contributed by atoms with Gasteiger partial charge in [-0.15, -0.1) is 0 Å². The van der Waals surface area contributed by atoms with Gasteiger partial charge < -0.3 is 20.3 Å². The van der Waals surface area contributed by atoms with Gasteiger partial charge in [-0.1, -0.05) is 0 Å². The number of hydrogen-bond acceptors (Lipinski definition) is 4. The second kappa shape index (κ2) is 5.16. The first-order valence-corrected chi connectivity index (χ1v) is 4.38. The van der Waals surface area contributed by atoms with Crippen LogP contribution in [0.15, 0.2) is 0 Å². The van der Waals surface area contributed by atoms with E-state index in [4.69, 9.17) is 20.3 Å². The van der Waals surface area contributed by atoms with Gasteiger partial charge in [-0.25, -0.2) is 0 Å². The number of carboxylic acids is 1. The highest BCUT2D eigenvalue weighted by molar-refractivity contribution is 5.72. The minimum atomic E-state index is -0.980. The zero-order chi connectivity index (χ0) is 9.68. The molecule has 0 amide bonds. The summed E-state index contributed by atoms with van der Waals surface area (Å²) in [7, 11) is 0. The Balaban J connectivity index is 2.02. The largest absolute Gasteiger partial charge is 0.480 e. The number of hydrogen-bond donors (Lipinski definition) is 2. The monoisotopic (exact) mass is 189 g/mol. The van der Waals surface area contributed by atoms with Crippen molar-refractivity contribution < 1.29 is 19.4 Å². The summed E-state index contributed by atoms with van der Waals surface area (Å²) in [6.07, 6.45) is 1.37. The van der Waals surface area contributed by atoms with Crippen molar-refractivity contribution in [2.75, 3.05) is 19.8 Å². The molecular formula is C8H15NO4. The Morgan fingerprint density at radius 2 is 2.54 bits per heavy atom. The molecule has 5 heteroatoms. The normalized spacial score (nSPS) is 24.5. The Labute approximate surface area is 76.8 Å². The van der Waals surface area contributed by atoms with Crippen LogP contribution in [0, 0.1) is 0 Å². The highest BCUT2D eigenvalue weighted by atomic mass is 16.5. The third-order valence-electron chi connectivity index (χ3n) is 1.99. The summed E-state index contributed by atoms with van der Waals surface area (Å²) >= 11 is 0. The minimum absolute atomic E-state index is 0.126. The van der Waals surface area contributed by atoms with E-state index in [1.54, 1.807) is 0 Å². The molecule has 3 N–H and O–H groups in total. The first kappa shape index (κ1) is 10.4. The van der Waals surface area contributed by atoms with Crippen molar-refractivity contribution in [3.8, 4) is 0 Å². The summed E-state index contributed by atoms with van der Waals surface area (Å²) in [6.45, 7) is 1.74. The van der Waals surface area contributed by atoms with Crippen molar-refractivity contribution in [3.63, 3.8) is 0 Å². The third-order valence-corrected chi connectivity index (χ3v) is 1.99. The van der Waals surface area contributed by atoms with Crippen molar-refractivity contribution >= 4 is 5.97 Å². The molecule has 5 nitrogen and oxygen atoms in total. The van der Waals surface area contributed by atoms with Gasteiger partial charge in [0.25, 0.3) is 0 Å². The van der Waals surface area contributed by atoms with Crippen LogP contribution in [0.1, 0.15) is 12.8 Å². The standard InChI is InChI=1S/C8H15NO4/c9-7(8(10)11)2-4-13-6-1-3-12-5-6/h6-7H,1-5,9H2,(H,10,11)/t6?,7-/m0/s1. The van der Waals surface area contributed by atoms with E-state index in [2.05, 4.69) is 0 Å². The van der Waals surface area contributed by atoms with Crippen LogP contribution in [-0.4, -0.2) is 43.0 Å². The second-order valence-electron chi connectivity index (χ2n) is 3.09. The maximum atomic E-state index is 10.3. The van der Waals surface area contributed by atoms with Gasteiger partial charge in [0.2, 0.25) is 0 Å². The molecule has 0 radical (unpaired) electrons. The quantitative estimate of drug-likeness (QED) is 0.614. The number of ether oxygens (including phenoxy) is 2. The number of aliphatic carboxylic acids is 1. The number of rotatable bonds is 5. The van der Waals surface area contributed by atoms with Gasteiger partial charge in [0, 0.05) is 13.2 Å².